The zero-order valence-electron chi connectivity index (χ0n) is 11.6. The van der Waals surface area contributed by atoms with Gasteiger partial charge in [0.05, 0.1) is 0 Å². The smallest absolute Gasteiger partial charge is 0.259 e. The maximum Gasteiger partial charge on any atom is 0.259 e. The Bertz CT molecular complexity index is 924. The van der Waals surface area contributed by atoms with Crippen molar-refractivity contribution in [2.75, 3.05) is 0 Å². The number of fused-ring (bicyclic) bond motifs is 1. The first kappa shape index (κ1) is 13.7. The molecule has 2 N–H and O–H groups in total. The molecule has 0 fully saturated rings. The number of nitrogens with zero attached hydrogens (tertiary/aromatic N) is 1. The molecule has 106 valence electrons. The third kappa shape index (κ3) is 2.48. The third-order valence-electron chi connectivity index (χ3n) is 3.35. The lowest BCUT2D eigenvalue weighted by molar-refractivity contribution is -0.114. The van der Waals surface area contributed by atoms with Gasteiger partial charge in [0.25, 0.3) is 5.91 Å². The average molecular weight is 288 g/mol. The van der Waals surface area contributed by atoms with Crippen LogP contribution < -0.4 is 5.73 Å². The number of carbonyl (C=O) groups excluding carboxylic acids is 1. The molecule has 0 unspecified atom stereocenters. The first-order valence-corrected chi connectivity index (χ1v) is 6.68. The normalized spacial score (nSPS) is 11.3. The summed E-state index contributed by atoms with van der Waals surface area (Å²) in [5.74, 6) is 0.314. The summed E-state index contributed by atoms with van der Waals surface area (Å²) in [6.07, 6.45) is 1.34. The summed E-state index contributed by atoms with van der Waals surface area (Å²) in [5, 5.41) is 11.1. The van der Waals surface area contributed by atoms with Gasteiger partial charge in [-0.2, -0.15) is 5.26 Å². The van der Waals surface area contributed by atoms with Crippen molar-refractivity contribution in [3.8, 4) is 17.4 Å². The fourth-order valence-corrected chi connectivity index (χ4v) is 2.32. The summed E-state index contributed by atoms with van der Waals surface area (Å²) >= 11 is 0. The molecular formula is C18H12N2O2. The number of hydrogen-bond acceptors (Lipinski definition) is 3. The monoisotopic (exact) mass is 288 g/mol. The molecule has 0 atom stereocenters. The van der Waals surface area contributed by atoms with E-state index in [9.17, 15) is 4.79 Å². The van der Waals surface area contributed by atoms with Crippen LogP contribution in [0.5, 0.6) is 0 Å². The molecule has 3 rings (SSSR count). The Morgan fingerprint density at radius 2 is 1.86 bits per heavy atom. The number of rotatable bonds is 3. The van der Waals surface area contributed by atoms with Gasteiger partial charge in [-0.1, -0.05) is 42.5 Å². The fourth-order valence-electron chi connectivity index (χ4n) is 2.32. The maximum atomic E-state index is 11.1. The molecule has 1 amide bonds. The Morgan fingerprint density at radius 1 is 1.09 bits per heavy atom. The molecule has 0 radical (unpaired) electrons. The van der Waals surface area contributed by atoms with Crippen LogP contribution in [-0.2, 0) is 4.79 Å². The Hall–Kier alpha value is -3.32. The maximum absolute atomic E-state index is 11.1. The van der Waals surface area contributed by atoms with Crippen LogP contribution >= 0.6 is 0 Å². The van der Waals surface area contributed by atoms with E-state index in [1.165, 1.54) is 6.08 Å². The Balaban J connectivity index is 2.07. The summed E-state index contributed by atoms with van der Waals surface area (Å²) in [6, 6.07) is 19.2. The molecule has 0 aliphatic rings. The highest BCUT2D eigenvalue weighted by Gasteiger charge is 2.09. The number of primary amides is 1. The summed E-state index contributed by atoms with van der Waals surface area (Å²) in [4.78, 5) is 11.1. The van der Waals surface area contributed by atoms with E-state index < -0.39 is 5.91 Å². The molecule has 3 aromatic rings. The zero-order chi connectivity index (χ0) is 15.5. The highest BCUT2D eigenvalue weighted by atomic mass is 16.3. The van der Waals surface area contributed by atoms with Crippen LogP contribution in [0.25, 0.3) is 28.2 Å². The largest absolute Gasteiger partial charge is 0.457 e. The number of nitrogens with two attached hydrogens (primary N) is 1. The van der Waals surface area contributed by atoms with Crippen molar-refractivity contribution in [1.29, 1.82) is 5.26 Å². The molecule has 0 saturated heterocycles. The zero-order valence-corrected chi connectivity index (χ0v) is 11.6. The molecule has 22 heavy (non-hydrogen) atoms. The SMILES string of the molecule is N#C/C(=C\c1ccc(-c2cccc3ccccc23)o1)C(N)=O. The minimum Gasteiger partial charge on any atom is -0.457 e. The predicted molar refractivity (Wildman–Crippen MR) is 84.4 cm³/mol. The first-order valence-electron chi connectivity index (χ1n) is 6.68. The molecule has 1 aromatic heterocycles. The predicted octanol–water partition coefficient (Wildman–Crippen LogP) is 3.49. The summed E-state index contributed by atoms with van der Waals surface area (Å²) in [5.41, 5.74) is 5.93. The van der Waals surface area contributed by atoms with E-state index in [1.54, 1.807) is 12.1 Å². The highest BCUT2D eigenvalue weighted by molar-refractivity contribution is 6.00. The van der Waals surface area contributed by atoms with Gasteiger partial charge in [0.2, 0.25) is 0 Å². The lowest BCUT2D eigenvalue weighted by Gasteiger charge is -2.03. The standard InChI is InChI=1S/C18H12N2O2/c19-11-13(18(20)21)10-14-8-9-17(22-14)16-7-3-5-12-4-1-2-6-15(12)16/h1-10H,(H2,20,21)/b13-10+. The lowest BCUT2D eigenvalue weighted by atomic mass is 10.0. The van der Waals surface area contributed by atoms with E-state index in [0.29, 0.717) is 11.5 Å². The van der Waals surface area contributed by atoms with Crippen LogP contribution in [0.2, 0.25) is 0 Å². The Kier molecular flexibility index (Phi) is 3.47. The van der Waals surface area contributed by atoms with Crippen molar-refractivity contribution in [1.82, 2.24) is 0 Å². The van der Waals surface area contributed by atoms with Gasteiger partial charge < -0.3 is 10.2 Å². The van der Waals surface area contributed by atoms with Gasteiger partial charge in [-0.15, -0.1) is 0 Å². The molecule has 0 saturated carbocycles. The van der Waals surface area contributed by atoms with Crippen molar-refractivity contribution in [2.24, 2.45) is 5.73 Å². The minimum atomic E-state index is -0.773. The van der Waals surface area contributed by atoms with Crippen LogP contribution in [0.15, 0.2) is 64.6 Å². The lowest BCUT2D eigenvalue weighted by Crippen LogP contribution is -2.12. The third-order valence-corrected chi connectivity index (χ3v) is 3.35. The van der Waals surface area contributed by atoms with Crippen LogP contribution in [0.4, 0.5) is 0 Å². The number of benzene rings is 2. The molecule has 4 heteroatoms. The van der Waals surface area contributed by atoms with E-state index in [1.807, 2.05) is 48.5 Å². The second-order valence-corrected chi connectivity index (χ2v) is 4.76. The van der Waals surface area contributed by atoms with Gasteiger partial charge in [0.15, 0.2) is 0 Å². The number of hydrogen-bond donors (Lipinski definition) is 1. The van der Waals surface area contributed by atoms with Crippen LogP contribution in [-0.4, -0.2) is 5.91 Å². The van der Waals surface area contributed by atoms with Gasteiger partial charge in [-0.25, -0.2) is 0 Å². The Morgan fingerprint density at radius 3 is 2.64 bits per heavy atom. The summed E-state index contributed by atoms with van der Waals surface area (Å²) < 4.78 is 5.73. The molecule has 0 bridgehead atoms. The molecule has 0 aliphatic heterocycles. The van der Waals surface area contributed by atoms with Crippen LogP contribution in [0, 0.1) is 11.3 Å². The molecule has 0 spiro atoms. The van der Waals surface area contributed by atoms with Crippen molar-refractivity contribution in [2.45, 2.75) is 0 Å². The topological polar surface area (TPSA) is 80.0 Å². The van der Waals surface area contributed by atoms with Crippen LogP contribution in [0.3, 0.4) is 0 Å². The van der Waals surface area contributed by atoms with Gasteiger partial charge in [-0.3, -0.25) is 4.79 Å². The van der Waals surface area contributed by atoms with Crippen LogP contribution in [0.1, 0.15) is 5.76 Å². The van der Waals surface area contributed by atoms with E-state index in [2.05, 4.69) is 0 Å². The fraction of sp³-hybridized carbons (Fsp3) is 0. The average Bonchev–Trinajstić information content (AvgIpc) is 3.00. The number of nitriles is 1. The quantitative estimate of drug-likeness (QED) is 0.591. The molecule has 2 aromatic carbocycles. The van der Waals surface area contributed by atoms with E-state index >= 15 is 0 Å². The van der Waals surface area contributed by atoms with Crippen molar-refractivity contribution in [3.63, 3.8) is 0 Å². The van der Waals surface area contributed by atoms with Crippen molar-refractivity contribution < 1.29 is 9.21 Å². The molecule has 1 heterocycles. The highest BCUT2D eigenvalue weighted by Crippen LogP contribution is 2.30. The summed E-state index contributed by atoms with van der Waals surface area (Å²) in [6.45, 7) is 0. The second kappa shape index (κ2) is 5.58. The summed E-state index contributed by atoms with van der Waals surface area (Å²) in [7, 11) is 0. The minimum absolute atomic E-state index is 0.140. The van der Waals surface area contributed by atoms with Gasteiger partial charge >= 0.3 is 0 Å². The molecule has 0 aliphatic carbocycles. The number of amides is 1. The molecule has 4 nitrogen and oxygen atoms in total. The number of furan rings is 1. The van der Waals surface area contributed by atoms with E-state index in [4.69, 9.17) is 15.4 Å². The molecular weight excluding hydrogens is 276 g/mol. The Labute approximate surface area is 127 Å². The van der Waals surface area contributed by atoms with Crippen molar-refractivity contribution in [3.05, 3.63) is 65.9 Å². The first-order chi connectivity index (χ1) is 10.7. The number of carbonyl (C=O) groups is 1. The van der Waals surface area contributed by atoms with E-state index in [0.717, 1.165) is 16.3 Å². The van der Waals surface area contributed by atoms with Gasteiger partial charge in [-0.05, 0) is 22.9 Å². The van der Waals surface area contributed by atoms with Crippen molar-refractivity contribution >= 4 is 22.8 Å². The second-order valence-electron chi connectivity index (χ2n) is 4.76. The van der Waals surface area contributed by atoms with E-state index in [-0.39, 0.29) is 5.57 Å². The van der Waals surface area contributed by atoms with Gasteiger partial charge in [0, 0.05) is 11.6 Å². The van der Waals surface area contributed by atoms with Gasteiger partial charge in [0.1, 0.15) is 23.2 Å².